The van der Waals surface area contributed by atoms with E-state index in [1.54, 1.807) is 12.3 Å². The smallest absolute Gasteiger partial charge is 0.126 e. The van der Waals surface area contributed by atoms with Gasteiger partial charge < -0.3 is 11.1 Å². The Balaban J connectivity index is 2.58. The maximum absolute atomic E-state index is 5.67. The number of nitrogens with one attached hydrogen (secondary N) is 1. The minimum Gasteiger partial charge on any atom is -0.366 e. The SMILES string of the molecule is CC(CN)Nc1ccc(Cl)cn1. The lowest BCUT2D eigenvalue weighted by molar-refractivity contribution is 0.798. The Kier molecular flexibility index (Phi) is 3.31. The third kappa shape index (κ3) is 2.68. The highest BCUT2D eigenvalue weighted by molar-refractivity contribution is 6.30. The molecule has 0 aliphatic carbocycles. The number of anilines is 1. The fourth-order valence-corrected chi connectivity index (χ4v) is 0.884. The van der Waals surface area contributed by atoms with Gasteiger partial charge in [-0.1, -0.05) is 11.6 Å². The first-order valence-corrected chi connectivity index (χ1v) is 4.18. The van der Waals surface area contributed by atoms with E-state index in [1.807, 2.05) is 13.0 Å². The second kappa shape index (κ2) is 4.28. The van der Waals surface area contributed by atoms with Crippen molar-refractivity contribution < 1.29 is 0 Å². The van der Waals surface area contributed by atoms with Crippen molar-refractivity contribution in [3.8, 4) is 0 Å². The van der Waals surface area contributed by atoms with Gasteiger partial charge in [0.1, 0.15) is 5.82 Å². The molecule has 0 amide bonds. The Hall–Kier alpha value is -0.800. The lowest BCUT2D eigenvalue weighted by atomic mass is 10.3. The molecule has 0 fully saturated rings. The van der Waals surface area contributed by atoms with Crippen LogP contribution in [0, 0.1) is 0 Å². The van der Waals surface area contributed by atoms with Crippen LogP contribution in [0.25, 0.3) is 0 Å². The van der Waals surface area contributed by atoms with Gasteiger partial charge in [-0.2, -0.15) is 0 Å². The zero-order chi connectivity index (χ0) is 8.97. The number of rotatable bonds is 3. The van der Waals surface area contributed by atoms with Crippen molar-refractivity contribution in [1.82, 2.24) is 4.98 Å². The molecule has 0 radical (unpaired) electrons. The molecule has 1 heterocycles. The molecule has 1 aromatic heterocycles. The predicted octanol–water partition coefficient (Wildman–Crippen LogP) is 1.49. The number of halogens is 1. The number of hydrogen-bond acceptors (Lipinski definition) is 3. The van der Waals surface area contributed by atoms with Crippen LogP contribution in [0.15, 0.2) is 18.3 Å². The van der Waals surface area contributed by atoms with Gasteiger partial charge in [0.25, 0.3) is 0 Å². The van der Waals surface area contributed by atoms with Crippen LogP contribution in [0.4, 0.5) is 5.82 Å². The highest BCUT2D eigenvalue weighted by Gasteiger charge is 1.98. The fraction of sp³-hybridized carbons (Fsp3) is 0.375. The largest absolute Gasteiger partial charge is 0.366 e. The van der Waals surface area contributed by atoms with E-state index in [0.29, 0.717) is 11.6 Å². The minimum atomic E-state index is 0.235. The summed E-state index contributed by atoms with van der Waals surface area (Å²) in [5.74, 6) is 0.803. The zero-order valence-electron chi connectivity index (χ0n) is 6.92. The van der Waals surface area contributed by atoms with Crippen LogP contribution in [-0.2, 0) is 0 Å². The van der Waals surface area contributed by atoms with Gasteiger partial charge in [0, 0.05) is 18.8 Å². The second-order valence-corrected chi connectivity index (χ2v) is 3.08. The Labute approximate surface area is 76.9 Å². The molecule has 1 atom stereocenters. The Morgan fingerprint density at radius 2 is 2.42 bits per heavy atom. The summed E-state index contributed by atoms with van der Waals surface area (Å²) >= 11 is 5.67. The van der Waals surface area contributed by atoms with E-state index >= 15 is 0 Å². The Bertz CT molecular complexity index is 235. The van der Waals surface area contributed by atoms with Gasteiger partial charge in [-0.25, -0.2) is 4.98 Å². The van der Waals surface area contributed by atoms with Crippen LogP contribution in [-0.4, -0.2) is 17.6 Å². The van der Waals surface area contributed by atoms with Crippen LogP contribution in [0.5, 0.6) is 0 Å². The normalized spacial score (nSPS) is 12.6. The van der Waals surface area contributed by atoms with Crippen molar-refractivity contribution in [2.24, 2.45) is 5.73 Å². The average Bonchev–Trinajstić information content (AvgIpc) is 2.09. The number of pyridine rings is 1. The van der Waals surface area contributed by atoms with Crippen molar-refractivity contribution in [1.29, 1.82) is 0 Å². The molecule has 0 saturated carbocycles. The van der Waals surface area contributed by atoms with Crippen LogP contribution in [0.1, 0.15) is 6.92 Å². The molecule has 0 aliphatic heterocycles. The number of nitrogens with zero attached hydrogens (tertiary/aromatic N) is 1. The first kappa shape index (κ1) is 9.29. The minimum absolute atomic E-state index is 0.235. The molecule has 66 valence electrons. The number of aromatic nitrogens is 1. The van der Waals surface area contributed by atoms with Crippen LogP contribution in [0.2, 0.25) is 5.02 Å². The van der Waals surface area contributed by atoms with Crippen LogP contribution >= 0.6 is 11.6 Å². The van der Waals surface area contributed by atoms with E-state index in [0.717, 1.165) is 5.82 Å². The van der Waals surface area contributed by atoms with Crippen molar-refractivity contribution >= 4 is 17.4 Å². The van der Waals surface area contributed by atoms with Crippen LogP contribution < -0.4 is 11.1 Å². The summed E-state index contributed by atoms with van der Waals surface area (Å²) in [6.07, 6.45) is 1.60. The molecular weight excluding hydrogens is 174 g/mol. The summed E-state index contributed by atoms with van der Waals surface area (Å²) in [6.45, 7) is 2.58. The molecule has 0 aliphatic rings. The number of hydrogen-bond donors (Lipinski definition) is 2. The standard InChI is InChI=1S/C8H12ClN3/c1-6(4-10)12-8-3-2-7(9)5-11-8/h2-3,5-6H,4,10H2,1H3,(H,11,12). The summed E-state index contributed by atoms with van der Waals surface area (Å²) in [7, 11) is 0. The van der Waals surface area contributed by atoms with Gasteiger partial charge in [-0.15, -0.1) is 0 Å². The Morgan fingerprint density at radius 1 is 1.67 bits per heavy atom. The number of nitrogens with two attached hydrogens (primary N) is 1. The molecule has 1 rings (SSSR count). The van der Waals surface area contributed by atoms with Crippen molar-refractivity contribution in [2.45, 2.75) is 13.0 Å². The lowest BCUT2D eigenvalue weighted by Gasteiger charge is -2.11. The van der Waals surface area contributed by atoms with E-state index in [2.05, 4.69) is 10.3 Å². The predicted molar refractivity (Wildman–Crippen MR) is 51.4 cm³/mol. The summed E-state index contributed by atoms with van der Waals surface area (Å²) < 4.78 is 0. The van der Waals surface area contributed by atoms with Crippen molar-refractivity contribution in [3.63, 3.8) is 0 Å². The van der Waals surface area contributed by atoms with Gasteiger partial charge in [-0.05, 0) is 19.1 Å². The van der Waals surface area contributed by atoms with Gasteiger partial charge >= 0.3 is 0 Å². The highest BCUT2D eigenvalue weighted by Crippen LogP contribution is 2.09. The molecule has 0 saturated heterocycles. The monoisotopic (exact) mass is 185 g/mol. The van der Waals surface area contributed by atoms with Crippen molar-refractivity contribution in [3.05, 3.63) is 23.4 Å². The third-order valence-corrected chi connectivity index (χ3v) is 1.70. The summed E-state index contributed by atoms with van der Waals surface area (Å²) in [6, 6.07) is 3.85. The molecule has 12 heavy (non-hydrogen) atoms. The van der Waals surface area contributed by atoms with E-state index in [1.165, 1.54) is 0 Å². The van der Waals surface area contributed by atoms with Crippen LogP contribution in [0.3, 0.4) is 0 Å². The second-order valence-electron chi connectivity index (χ2n) is 2.64. The fourth-order valence-electron chi connectivity index (χ4n) is 0.773. The Morgan fingerprint density at radius 3 is 2.92 bits per heavy atom. The molecule has 1 aromatic rings. The maximum Gasteiger partial charge on any atom is 0.126 e. The van der Waals surface area contributed by atoms with Gasteiger partial charge in [-0.3, -0.25) is 0 Å². The van der Waals surface area contributed by atoms with Gasteiger partial charge in [0.15, 0.2) is 0 Å². The lowest BCUT2D eigenvalue weighted by Crippen LogP contribution is -2.25. The summed E-state index contributed by atoms with van der Waals surface area (Å²) in [5, 5.41) is 3.76. The van der Waals surface area contributed by atoms with Crippen molar-refractivity contribution in [2.75, 3.05) is 11.9 Å². The molecule has 3 N–H and O–H groups in total. The van der Waals surface area contributed by atoms with E-state index in [4.69, 9.17) is 17.3 Å². The average molecular weight is 186 g/mol. The molecule has 4 heteroatoms. The summed E-state index contributed by atoms with van der Waals surface area (Å²) in [4.78, 5) is 4.07. The van der Waals surface area contributed by atoms with E-state index < -0.39 is 0 Å². The molecule has 0 aromatic carbocycles. The molecule has 0 bridgehead atoms. The van der Waals surface area contributed by atoms with Gasteiger partial charge in [0.05, 0.1) is 5.02 Å². The summed E-state index contributed by atoms with van der Waals surface area (Å²) in [5.41, 5.74) is 5.43. The van der Waals surface area contributed by atoms with Gasteiger partial charge in [0.2, 0.25) is 0 Å². The quantitative estimate of drug-likeness (QED) is 0.751. The molecule has 0 spiro atoms. The topological polar surface area (TPSA) is 50.9 Å². The van der Waals surface area contributed by atoms with E-state index in [-0.39, 0.29) is 6.04 Å². The molecule has 3 nitrogen and oxygen atoms in total. The van der Waals surface area contributed by atoms with E-state index in [9.17, 15) is 0 Å². The zero-order valence-corrected chi connectivity index (χ0v) is 7.67. The maximum atomic E-state index is 5.67. The molecule has 1 unspecified atom stereocenters. The first-order valence-electron chi connectivity index (χ1n) is 3.80. The highest BCUT2D eigenvalue weighted by atomic mass is 35.5. The first-order chi connectivity index (χ1) is 5.72. The third-order valence-electron chi connectivity index (χ3n) is 1.48. The molecular formula is C8H12ClN3.